The SMILES string of the molecule is CCCC(CNCC)OC1CCC(C)C(C)C1. The second-order valence-electron chi connectivity index (χ2n) is 5.74. The third kappa shape index (κ3) is 5.39. The van der Waals surface area contributed by atoms with Crippen molar-refractivity contribution < 1.29 is 4.74 Å². The van der Waals surface area contributed by atoms with Crippen LogP contribution in [0.2, 0.25) is 0 Å². The van der Waals surface area contributed by atoms with Gasteiger partial charge in [0.2, 0.25) is 0 Å². The monoisotopic (exact) mass is 241 g/mol. The zero-order valence-electron chi connectivity index (χ0n) is 12.2. The van der Waals surface area contributed by atoms with E-state index >= 15 is 0 Å². The lowest BCUT2D eigenvalue weighted by Crippen LogP contribution is -2.35. The molecular weight excluding hydrogens is 210 g/mol. The van der Waals surface area contributed by atoms with Crippen molar-refractivity contribution in [3.05, 3.63) is 0 Å². The Kier molecular flexibility index (Phi) is 7.14. The van der Waals surface area contributed by atoms with Gasteiger partial charge in [-0.15, -0.1) is 0 Å². The second kappa shape index (κ2) is 8.10. The average molecular weight is 241 g/mol. The van der Waals surface area contributed by atoms with Gasteiger partial charge < -0.3 is 10.1 Å². The van der Waals surface area contributed by atoms with E-state index in [0.29, 0.717) is 12.2 Å². The highest BCUT2D eigenvalue weighted by Gasteiger charge is 2.26. The fourth-order valence-corrected chi connectivity index (χ4v) is 2.74. The lowest BCUT2D eigenvalue weighted by atomic mass is 9.80. The lowest BCUT2D eigenvalue weighted by Gasteiger charge is -2.34. The van der Waals surface area contributed by atoms with Crippen LogP contribution >= 0.6 is 0 Å². The Morgan fingerprint density at radius 2 is 1.94 bits per heavy atom. The molecule has 2 nitrogen and oxygen atoms in total. The lowest BCUT2D eigenvalue weighted by molar-refractivity contribution is -0.0492. The molecule has 0 spiro atoms. The second-order valence-corrected chi connectivity index (χ2v) is 5.74. The minimum Gasteiger partial charge on any atom is -0.374 e. The van der Waals surface area contributed by atoms with E-state index in [9.17, 15) is 0 Å². The van der Waals surface area contributed by atoms with Crippen LogP contribution in [0.1, 0.15) is 59.8 Å². The fourth-order valence-electron chi connectivity index (χ4n) is 2.74. The van der Waals surface area contributed by atoms with Gasteiger partial charge in [0.05, 0.1) is 12.2 Å². The molecule has 0 bridgehead atoms. The maximum Gasteiger partial charge on any atom is 0.0703 e. The van der Waals surface area contributed by atoms with E-state index in [2.05, 4.69) is 33.0 Å². The molecular formula is C15H31NO. The molecule has 0 amide bonds. The summed E-state index contributed by atoms with van der Waals surface area (Å²) in [6, 6.07) is 0. The highest BCUT2D eigenvalue weighted by Crippen LogP contribution is 2.31. The van der Waals surface area contributed by atoms with Crippen LogP contribution in [0.3, 0.4) is 0 Å². The molecule has 0 saturated heterocycles. The van der Waals surface area contributed by atoms with E-state index in [1.165, 1.54) is 32.1 Å². The van der Waals surface area contributed by atoms with Crippen LogP contribution in [0.5, 0.6) is 0 Å². The molecule has 17 heavy (non-hydrogen) atoms. The standard InChI is InChI=1S/C15H31NO/c1-5-7-15(11-16-6-2)17-14-9-8-12(3)13(4)10-14/h12-16H,5-11H2,1-4H3. The summed E-state index contributed by atoms with van der Waals surface area (Å²) in [5, 5.41) is 3.42. The minimum atomic E-state index is 0.422. The van der Waals surface area contributed by atoms with Gasteiger partial charge in [-0.05, 0) is 44.1 Å². The van der Waals surface area contributed by atoms with Crippen molar-refractivity contribution >= 4 is 0 Å². The van der Waals surface area contributed by atoms with Gasteiger partial charge in [0.15, 0.2) is 0 Å². The molecule has 0 aromatic rings. The van der Waals surface area contributed by atoms with Crippen LogP contribution in [0.15, 0.2) is 0 Å². The summed E-state index contributed by atoms with van der Waals surface area (Å²) in [5.41, 5.74) is 0. The maximum absolute atomic E-state index is 6.29. The Labute approximate surface area is 108 Å². The van der Waals surface area contributed by atoms with Crippen molar-refractivity contribution in [3.63, 3.8) is 0 Å². The highest BCUT2D eigenvalue weighted by atomic mass is 16.5. The Morgan fingerprint density at radius 3 is 2.53 bits per heavy atom. The third-order valence-corrected chi connectivity index (χ3v) is 4.17. The molecule has 1 saturated carbocycles. The van der Waals surface area contributed by atoms with Crippen molar-refractivity contribution in [1.29, 1.82) is 0 Å². The van der Waals surface area contributed by atoms with Crippen LogP contribution < -0.4 is 5.32 Å². The van der Waals surface area contributed by atoms with Crippen LogP contribution in [-0.4, -0.2) is 25.3 Å². The van der Waals surface area contributed by atoms with E-state index in [4.69, 9.17) is 4.74 Å². The number of hydrogen-bond acceptors (Lipinski definition) is 2. The molecule has 1 aliphatic rings. The smallest absolute Gasteiger partial charge is 0.0703 e. The van der Waals surface area contributed by atoms with E-state index in [-0.39, 0.29) is 0 Å². The van der Waals surface area contributed by atoms with E-state index < -0.39 is 0 Å². The summed E-state index contributed by atoms with van der Waals surface area (Å²) < 4.78 is 6.29. The van der Waals surface area contributed by atoms with Gasteiger partial charge in [-0.2, -0.15) is 0 Å². The van der Waals surface area contributed by atoms with Gasteiger partial charge in [0.25, 0.3) is 0 Å². The first-order chi connectivity index (χ1) is 8.17. The number of hydrogen-bond donors (Lipinski definition) is 1. The molecule has 1 aliphatic carbocycles. The van der Waals surface area contributed by atoms with Gasteiger partial charge in [-0.25, -0.2) is 0 Å². The van der Waals surface area contributed by atoms with Crippen molar-refractivity contribution in [3.8, 4) is 0 Å². The summed E-state index contributed by atoms with van der Waals surface area (Å²) in [5.74, 6) is 1.71. The fraction of sp³-hybridized carbons (Fsp3) is 1.00. The summed E-state index contributed by atoms with van der Waals surface area (Å²) in [6.07, 6.45) is 7.20. The predicted octanol–water partition coefficient (Wildman–Crippen LogP) is 3.61. The summed E-state index contributed by atoms with van der Waals surface area (Å²) in [4.78, 5) is 0. The molecule has 4 unspecified atom stereocenters. The molecule has 1 rings (SSSR count). The molecule has 0 aromatic heterocycles. The topological polar surface area (TPSA) is 21.3 Å². The van der Waals surface area contributed by atoms with Gasteiger partial charge in [0.1, 0.15) is 0 Å². The Hall–Kier alpha value is -0.0800. The first-order valence-corrected chi connectivity index (χ1v) is 7.53. The molecule has 0 radical (unpaired) electrons. The van der Waals surface area contributed by atoms with Gasteiger partial charge >= 0.3 is 0 Å². The third-order valence-electron chi connectivity index (χ3n) is 4.17. The normalized spacial score (nSPS) is 31.4. The quantitative estimate of drug-likeness (QED) is 0.735. The molecule has 2 heteroatoms. The largest absolute Gasteiger partial charge is 0.374 e. The van der Waals surface area contributed by atoms with Crippen molar-refractivity contribution in [2.24, 2.45) is 11.8 Å². The maximum atomic E-state index is 6.29. The van der Waals surface area contributed by atoms with Crippen molar-refractivity contribution in [2.75, 3.05) is 13.1 Å². The molecule has 0 heterocycles. The Balaban J connectivity index is 2.33. The van der Waals surface area contributed by atoms with Crippen LogP contribution in [0, 0.1) is 11.8 Å². The zero-order valence-corrected chi connectivity index (χ0v) is 12.2. The molecule has 0 aromatic carbocycles. The predicted molar refractivity (Wildman–Crippen MR) is 74.3 cm³/mol. The molecule has 1 N–H and O–H groups in total. The zero-order chi connectivity index (χ0) is 12.7. The summed E-state index contributed by atoms with van der Waals surface area (Å²) in [7, 11) is 0. The van der Waals surface area contributed by atoms with E-state index in [0.717, 1.165) is 24.9 Å². The highest BCUT2D eigenvalue weighted by molar-refractivity contribution is 4.77. The average Bonchev–Trinajstić information content (AvgIpc) is 2.31. The summed E-state index contributed by atoms with van der Waals surface area (Å²) in [6.45, 7) is 11.2. The molecule has 4 atom stereocenters. The van der Waals surface area contributed by atoms with Gasteiger partial charge in [-0.1, -0.05) is 34.1 Å². The van der Waals surface area contributed by atoms with Crippen molar-refractivity contribution in [2.45, 2.75) is 72.0 Å². The Bertz CT molecular complexity index is 193. The van der Waals surface area contributed by atoms with Crippen LogP contribution in [0.25, 0.3) is 0 Å². The molecule has 102 valence electrons. The first kappa shape index (κ1) is 15.0. The van der Waals surface area contributed by atoms with E-state index in [1.807, 2.05) is 0 Å². The van der Waals surface area contributed by atoms with Crippen LogP contribution in [-0.2, 0) is 4.74 Å². The first-order valence-electron chi connectivity index (χ1n) is 7.53. The van der Waals surface area contributed by atoms with E-state index in [1.54, 1.807) is 0 Å². The Morgan fingerprint density at radius 1 is 1.18 bits per heavy atom. The molecule has 0 aliphatic heterocycles. The molecule has 1 fully saturated rings. The summed E-state index contributed by atoms with van der Waals surface area (Å²) >= 11 is 0. The number of nitrogens with one attached hydrogen (secondary N) is 1. The number of rotatable bonds is 7. The van der Waals surface area contributed by atoms with Gasteiger partial charge in [-0.3, -0.25) is 0 Å². The van der Waals surface area contributed by atoms with Gasteiger partial charge in [0, 0.05) is 6.54 Å². The number of likely N-dealkylation sites (N-methyl/N-ethyl adjacent to an activating group) is 1. The van der Waals surface area contributed by atoms with Crippen LogP contribution in [0.4, 0.5) is 0 Å². The number of ether oxygens (including phenoxy) is 1. The minimum absolute atomic E-state index is 0.422. The van der Waals surface area contributed by atoms with Crippen molar-refractivity contribution in [1.82, 2.24) is 5.32 Å².